The van der Waals surface area contributed by atoms with Crippen molar-refractivity contribution >= 4 is 11.9 Å². The zero-order chi connectivity index (χ0) is 14.7. The lowest BCUT2D eigenvalue weighted by Gasteiger charge is -2.26. The molecule has 1 heterocycles. The number of nitrogens with zero attached hydrogens (tertiary/aromatic N) is 2. The molecular formula is C15H24N4O. The number of aromatic nitrogens is 2. The van der Waals surface area contributed by atoms with Crippen molar-refractivity contribution in [2.24, 2.45) is 11.7 Å². The van der Waals surface area contributed by atoms with Crippen molar-refractivity contribution < 1.29 is 4.79 Å². The minimum Gasteiger partial charge on any atom is -0.368 e. The number of carbonyl (C=O) groups is 1. The van der Waals surface area contributed by atoms with E-state index in [2.05, 4.69) is 15.3 Å². The number of hydrogen-bond acceptors (Lipinski definition) is 4. The Morgan fingerprint density at radius 3 is 2.70 bits per heavy atom. The van der Waals surface area contributed by atoms with Crippen LogP contribution in [0.4, 0.5) is 5.95 Å². The molecule has 1 aromatic heterocycles. The fraction of sp³-hybridized carbons (Fsp3) is 0.667. The van der Waals surface area contributed by atoms with E-state index in [0.717, 1.165) is 17.8 Å². The van der Waals surface area contributed by atoms with Gasteiger partial charge in [0.2, 0.25) is 11.9 Å². The lowest BCUT2D eigenvalue weighted by molar-refractivity contribution is -0.119. The van der Waals surface area contributed by atoms with Crippen molar-refractivity contribution in [2.45, 2.75) is 58.4 Å². The minimum atomic E-state index is -0.420. The van der Waals surface area contributed by atoms with E-state index >= 15 is 0 Å². The quantitative estimate of drug-likeness (QED) is 0.835. The van der Waals surface area contributed by atoms with E-state index in [-0.39, 0.29) is 11.8 Å². The highest BCUT2D eigenvalue weighted by Gasteiger charge is 2.25. The number of carbonyl (C=O) groups excluding carboxylic acids is 1. The van der Waals surface area contributed by atoms with Gasteiger partial charge in [-0.05, 0) is 31.7 Å². The van der Waals surface area contributed by atoms with E-state index in [1.807, 2.05) is 26.8 Å². The van der Waals surface area contributed by atoms with Crippen molar-refractivity contribution in [2.75, 3.05) is 5.32 Å². The van der Waals surface area contributed by atoms with Crippen LogP contribution >= 0.6 is 0 Å². The van der Waals surface area contributed by atoms with E-state index in [1.54, 1.807) is 0 Å². The smallest absolute Gasteiger partial charge is 0.240 e. The van der Waals surface area contributed by atoms with Crippen molar-refractivity contribution in [1.82, 2.24) is 9.97 Å². The molecular weight excluding hydrogens is 252 g/mol. The Bertz CT molecular complexity index is 485. The predicted molar refractivity (Wildman–Crippen MR) is 79.4 cm³/mol. The average Bonchev–Trinajstić information content (AvgIpc) is 2.32. The summed E-state index contributed by atoms with van der Waals surface area (Å²) in [7, 11) is 0. The highest BCUT2D eigenvalue weighted by molar-refractivity contribution is 5.82. The third-order valence-corrected chi connectivity index (χ3v) is 4.20. The van der Waals surface area contributed by atoms with E-state index in [0.29, 0.717) is 11.9 Å². The first-order chi connectivity index (χ1) is 9.51. The van der Waals surface area contributed by atoms with Gasteiger partial charge in [-0.15, -0.1) is 0 Å². The van der Waals surface area contributed by atoms with Gasteiger partial charge in [0.1, 0.15) is 6.04 Å². The number of rotatable bonds is 6. The molecule has 3 N–H and O–H groups in total. The summed E-state index contributed by atoms with van der Waals surface area (Å²) in [5.74, 6) is 0.877. The molecule has 5 nitrogen and oxygen atoms in total. The molecule has 0 saturated heterocycles. The molecule has 1 aliphatic rings. The molecule has 1 amide bonds. The Balaban J connectivity index is 2.18. The van der Waals surface area contributed by atoms with Gasteiger partial charge in [-0.3, -0.25) is 4.79 Å². The van der Waals surface area contributed by atoms with E-state index in [4.69, 9.17) is 5.73 Å². The van der Waals surface area contributed by atoms with Gasteiger partial charge in [-0.2, -0.15) is 0 Å². The first-order valence-corrected chi connectivity index (χ1v) is 7.42. The van der Waals surface area contributed by atoms with Crippen LogP contribution in [0.15, 0.2) is 6.07 Å². The molecule has 5 heteroatoms. The predicted octanol–water partition coefficient (Wildman–Crippen LogP) is 2.36. The number of amides is 1. The maximum atomic E-state index is 11.6. The van der Waals surface area contributed by atoms with Crippen LogP contribution in [0.1, 0.15) is 56.8 Å². The summed E-state index contributed by atoms with van der Waals surface area (Å²) in [6.45, 7) is 6.00. The third kappa shape index (κ3) is 3.26. The number of nitrogens with two attached hydrogens (primary N) is 1. The number of aryl methyl sites for hydroxylation is 1. The number of nitrogens with one attached hydrogen (secondary N) is 1. The largest absolute Gasteiger partial charge is 0.368 e. The van der Waals surface area contributed by atoms with Crippen molar-refractivity contribution in [1.29, 1.82) is 0 Å². The molecule has 1 aliphatic carbocycles. The lowest BCUT2D eigenvalue weighted by atomic mass is 9.83. The van der Waals surface area contributed by atoms with Crippen molar-refractivity contribution in [3.8, 4) is 0 Å². The first-order valence-electron chi connectivity index (χ1n) is 7.42. The summed E-state index contributed by atoms with van der Waals surface area (Å²) in [6, 6.07) is 1.62. The second kappa shape index (κ2) is 6.20. The molecule has 1 saturated carbocycles. The van der Waals surface area contributed by atoms with E-state index < -0.39 is 6.04 Å². The standard InChI is InChI=1S/C15H24N4O/c1-4-9(2)13(14(16)20)19-15-17-10(3)8-12(18-15)11-6-5-7-11/h8-9,11,13H,4-7H2,1-3H3,(H2,16,20)(H,17,18,19)/t9-,13-/m0/s1. The summed E-state index contributed by atoms with van der Waals surface area (Å²) >= 11 is 0. The van der Waals surface area contributed by atoms with Gasteiger partial charge >= 0.3 is 0 Å². The van der Waals surface area contributed by atoms with Gasteiger partial charge in [0.25, 0.3) is 0 Å². The van der Waals surface area contributed by atoms with E-state index in [9.17, 15) is 4.79 Å². The molecule has 2 rings (SSSR count). The Labute approximate surface area is 120 Å². The molecule has 1 aromatic rings. The van der Waals surface area contributed by atoms with Crippen LogP contribution in [0.5, 0.6) is 0 Å². The van der Waals surface area contributed by atoms with Crippen LogP contribution in [0.3, 0.4) is 0 Å². The molecule has 0 unspecified atom stereocenters. The average molecular weight is 276 g/mol. The van der Waals surface area contributed by atoms with Gasteiger partial charge < -0.3 is 11.1 Å². The van der Waals surface area contributed by atoms with Gasteiger partial charge in [0, 0.05) is 17.3 Å². The number of anilines is 1. The normalized spacial score (nSPS) is 18.1. The van der Waals surface area contributed by atoms with Crippen LogP contribution < -0.4 is 11.1 Å². The zero-order valence-electron chi connectivity index (χ0n) is 12.5. The van der Waals surface area contributed by atoms with E-state index in [1.165, 1.54) is 19.3 Å². The molecule has 0 aromatic carbocycles. The minimum absolute atomic E-state index is 0.156. The third-order valence-electron chi connectivity index (χ3n) is 4.20. The monoisotopic (exact) mass is 276 g/mol. The summed E-state index contributed by atoms with van der Waals surface area (Å²) < 4.78 is 0. The molecule has 110 valence electrons. The van der Waals surface area contributed by atoms with Gasteiger partial charge in [-0.1, -0.05) is 26.7 Å². The fourth-order valence-electron chi connectivity index (χ4n) is 2.44. The summed E-state index contributed by atoms with van der Waals surface area (Å²) in [5, 5.41) is 3.12. The molecule has 1 fully saturated rings. The number of hydrogen-bond donors (Lipinski definition) is 2. The van der Waals surface area contributed by atoms with Crippen molar-refractivity contribution in [3.05, 3.63) is 17.5 Å². The van der Waals surface area contributed by atoms with Crippen LogP contribution in [-0.4, -0.2) is 21.9 Å². The highest BCUT2D eigenvalue weighted by atomic mass is 16.1. The molecule has 0 aliphatic heterocycles. The highest BCUT2D eigenvalue weighted by Crippen LogP contribution is 2.35. The second-order valence-corrected chi connectivity index (χ2v) is 5.80. The maximum Gasteiger partial charge on any atom is 0.240 e. The summed E-state index contributed by atoms with van der Waals surface area (Å²) in [4.78, 5) is 20.5. The van der Waals surface area contributed by atoms with Gasteiger partial charge in [-0.25, -0.2) is 9.97 Å². The Morgan fingerprint density at radius 2 is 2.20 bits per heavy atom. The Hall–Kier alpha value is -1.65. The maximum absolute atomic E-state index is 11.6. The summed E-state index contributed by atoms with van der Waals surface area (Å²) in [6.07, 6.45) is 4.54. The second-order valence-electron chi connectivity index (χ2n) is 5.80. The van der Waals surface area contributed by atoms with Gasteiger partial charge in [0.15, 0.2) is 0 Å². The molecule has 0 bridgehead atoms. The Morgan fingerprint density at radius 1 is 1.50 bits per heavy atom. The molecule has 20 heavy (non-hydrogen) atoms. The zero-order valence-corrected chi connectivity index (χ0v) is 12.5. The SMILES string of the molecule is CC[C@H](C)[C@H](Nc1nc(C)cc(C2CCC2)n1)C(N)=O. The fourth-order valence-corrected chi connectivity index (χ4v) is 2.44. The van der Waals surface area contributed by atoms with Crippen LogP contribution in [0.2, 0.25) is 0 Å². The number of primary amides is 1. The van der Waals surface area contributed by atoms with Crippen LogP contribution in [0.25, 0.3) is 0 Å². The molecule has 0 spiro atoms. The lowest BCUT2D eigenvalue weighted by Crippen LogP contribution is -2.41. The molecule has 0 radical (unpaired) electrons. The van der Waals surface area contributed by atoms with Crippen LogP contribution in [0, 0.1) is 12.8 Å². The first kappa shape index (κ1) is 14.8. The molecule has 2 atom stereocenters. The van der Waals surface area contributed by atoms with Crippen molar-refractivity contribution in [3.63, 3.8) is 0 Å². The van der Waals surface area contributed by atoms with Gasteiger partial charge in [0.05, 0.1) is 0 Å². The van der Waals surface area contributed by atoms with Crippen LogP contribution in [-0.2, 0) is 4.79 Å². The summed E-state index contributed by atoms with van der Waals surface area (Å²) in [5.41, 5.74) is 7.49. The Kier molecular flexibility index (Phi) is 4.57. The topological polar surface area (TPSA) is 80.9 Å².